The summed E-state index contributed by atoms with van der Waals surface area (Å²) in [7, 11) is 0. The molecule has 0 aliphatic carbocycles. The Kier molecular flexibility index (Phi) is 5.97. The molecule has 0 bridgehead atoms. The number of anilines is 1. The SMILES string of the molecule is NC(=O)c1cc(-c2csc(NC(=O)CNC(=O)/C=C/c3ccccc3)n2)c[nH]1. The van der Waals surface area contributed by atoms with Crippen molar-refractivity contribution in [1.82, 2.24) is 15.3 Å². The Morgan fingerprint density at radius 2 is 2.00 bits per heavy atom. The zero-order valence-corrected chi connectivity index (χ0v) is 15.5. The Labute approximate surface area is 164 Å². The molecule has 0 atom stereocenters. The van der Waals surface area contributed by atoms with E-state index in [-0.39, 0.29) is 18.1 Å². The molecule has 0 spiro atoms. The number of thiazole rings is 1. The Balaban J connectivity index is 1.49. The third kappa shape index (κ3) is 5.15. The van der Waals surface area contributed by atoms with E-state index < -0.39 is 11.8 Å². The summed E-state index contributed by atoms with van der Waals surface area (Å²) in [6.07, 6.45) is 4.64. The molecule has 0 aliphatic heterocycles. The number of hydrogen-bond donors (Lipinski definition) is 4. The van der Waals surface area contributed by atoms with Gasteiger partial charge in [0.25, 0.3) is 5.91 Å². The Morgan fingerprint density at radius 1 is 1.21 bits per heavy atom. The summed E-state index contributed by atoms with van der Waals surface area (Å²) in [4.78, 5) is 41.9. The first-order chi connectivity index (χ1) is 13.5. The summed E-state index contributed by atoms with van der Waals surface area (Å²) in [5.41, 5.74) is 7.65. The van der Waals surface area contributed by atoms with E-state index in [2.05, 4.69) is 20.6 Å². The lowest BCUT2D eigenvalue weighted by atomic mass is 10.2. The second-order valence-electron chi connectivity index (χ2n) is 5.71. The van der Waals surface area contributed by atoms with Gasteiger partial charge in [-0.2, -0.15) is 0 Å². The molecule has 0 radical (unpaired) electrons. The molecule has 3 rings (SSSR count). The second kappa shape index (κ2) is 8.78. The van der Waals surface area contributed by atoms with Gasteiger partial charge in [-0.1, -0.05) is 30.3 Å². The molecule has 2 heterocycles. The topological polar surface area (TPSA) is 130 Å². The maximum absolute atomic E-state index is 12.0. The molecule has 5 N–H and O–H groups in total. The molecule has 3 aromatic rings. The first-order valence-corrected chi connectivity index (χ1v) is 9.14. The fourth-order valence-corrected chi connectivity index (χ4v) is 3.01. The van der Waals surface area contributed by atoms with Crippen molar-refractivity contribution in [3.63, 3.8) is 0 Å². The van der Waals surface area contributed by atoms with Crippen LogP contribution < -0.4 is 16.4 Å². The van der Waals surface area contributed by atoms with Crippen molar-refractivity contribution in [2.75, 3.05) is 11.9 Å². The predicted molar refractivity (Wildman–Crippen MR) is 108 cm³/mol. The number of carbonyl (C=O) groups is 3. The van der Waals surface area contributed by atoms with E-state index in [1.165, 1.54) is 17.4 Å². The van der Waals surface area contributed by atoms with Gasteiger partial charge < -0.3 is 21.4 Å². The summed E-state index contributed by atoms with van der Waals surface area (Å²) >= 11 is 1.23. The quantitative estimate of drug-likeness (QED) is 0.456. The number of hydrogen-bond acceptors (Lipinski definition) is 5. The van der Waals surface area contributed by atoms with Crippen LogP contribution in [0.2, 0.25) is 0 Å². The first kappa shape index (κ1) is 19.1. The number of carbonyl (C=O) groups excluding carboxylic acids is 3. The number of primary amides is 1. The maximum atomic E-state index is 12.0. The average Bonchev–Trinajstić information content (AvgIpc) is 3.35. The van der Waals surface area contributed by atoms with E-state index in [4.69, 9.17) is 5.73 Å². The van der Waals surface area contributed by atoms with Crippen molar-refractivity contribution < 1.29 is 14.4 Å². The maximum Gasteiger partial charge on any atom is 0.265 e. The molecule has 0 unspecified atom stereocenters. The molecule has 0 fully saturated rings. The van der Waals surface area contributed by atoms with E-state index in [1.807, 2.05) is 30.3 Å². The van der Waals surface area contributed by atoms with Crippen LogP contribution in [-0.2, 0) is 9.59 Å². The Hall–Kier alpha value is -3.72. The number of aromatic nitrogens is 2. The van der Waals surface area contributed by atoms with Crippen LogP contribution in [0.25, 0.3) is 17.3 Å². The third-order valence-corrected chi connectivity index (χ3v) is 4.40. The van der Waals surface area contributed by atoms with Crippen LogP contribution in [0.3, 0.4) is 0 Å². The number of rotatable bonds is 7. The van der Waals surface area contributed by atoms with Gasteiger partial charge in [-0.05, 0) is 17.7 Å². The van der Waals surface area contributed by atoms with Crippen LogP contribution in [0.4, 0.5) is 5.13 Å². The van der Waals surface area contributed by atoms with Gasteiger partial charge in [0, 0.05) is 23.2 Å². The van der Waals surface area contributed by atoms with Crippen LogP contribution in [0.15, 0.2) is 54.1 Å². The molecule has 0 aliphatic rings. The molecule has 3 amide bonds. The smallest absolute Gasteiger partial charge is 0.265 e. The van der Waals surface area contributed by atoms with E-state index in [0.717, 1.165) is 5.56 Å². The first-order valence-electron chi connectivity index (χ1n) is 8.26. The summed E-state index contributed by atoms with van der Waals surface area (Å²) in [5, 5.41) is 7.25. The number of nitrogens with zero attached hydrogens (tertiary/aromatic N) is 1. The normalized spacial score (nSPS) is 10.7. The van der Waals surface area contributed by atoms with Crippen molar-refractivity contribution in [2.24, 2.45) is 5.73 Å². The number of benzene rings is 1. The summed E-state index contributed by atoms with van der Waals surface area (Å²) < 4.78 is 0. The molecular formula is C19H17N5O3S. The predicted octanol–water partition coefficient (Wildman–Crippen LogP) is 2.01. The molecule has 8 nitrogen and oxygen atoms in total. The van der Waals surface area contributed by atoms with E-state index in [1.54, 1.807) is 23.7 Å². The molecule has 9 heteroatoms. The lowest BCUT2D eigenvalue weighted by molar-refractivity contribution is -0.121. The van der Waals surface area contributed by atoms with Gasteiger partial charge in [0.05, 0.1) is 12.2 Å². The number of H-pyrrole nitrogens is 1. The standard InChI is InChI=1S/C19H17N5O3S/c20-18(27)14-8-13(9-21-14)15-11-28-19(23-15)24-17(26)10-22-16(25)7-6-12-4-2-1-3-5-12/h1-9,11,21H,10H2,(H2,20,27)(H,22,25)(H,23,24,26)/b7-6+. The van der Waals surface area contributed by atoms with Crippen LogP contribution >= 0.6 is 11.3 Å². The lowest BCUT2D eigenvalue weighted by Gasteiger charge is -2.02. The molecule has 142 valence electrons. The average molecular weight is 395 g/mol. The molecule has 0 saturated carbocycles. The summed E-state index contributed by atoms with van der Waals surface area (Å²) in [6.45, 7) is -0.178. The van der Waals surface area contributed by atoms with Crippen LogP contribution in [0.5, 0.6) is 0 Å². The fourth-order valence-electron chi connectivity index (χ4n) is 2.27. The number of nitrogens with two attached hydrogens (primary N) is 1. The van der Waals surface area contributed by atoms with Gasteiger partial charge in [-0.15, -0.1) is 11.3 Å². The van der Waals surface area contributed by atoms with Crippen LogP contribution in [-0.4, -0.2) is 34.2 Å². The fraction of sp³-hybridized carbons (Fsp3) is 0.0526. The highest BCUT2D eigenvalue weighted by Crippen LogP contribution is 2.25. The zero-order valence-electron chi connectivity index (χ0n) is 14.6. The molecule has 2 aromatic heterocycles. The highest BCUT2D eigenvalue weighted by atomic mass is 32.1. The van der Waals surface area contributed by atoms with Gasteiger partial charge in [0.15, 0.2) is 5.13 Å². The van der Waals surface area contributed by atoms with Gasteiger partial charge in [-0.25, -0.2) is 4.98 Å². The third-order valence-electron chi connectivity index (χ3n) is 3.64. The van der Waals surface area contributed by atoms with E-state index >= 15 is 0 Å². The van der Waals surface area contributed by atoms with Gasteiger partial charge >= 0.3 is 0 Å². The molecular weight excluding hydrogens is 378 g/mol. The number of nitrogens with one attached hydrogen (secondary N) is 3. The summed E-state index contributed by atoms with van der Waals surface area (Å²) in [5.74, 6) is -1.33. The van der Waals surface area contributed by atoms with E-state index in [0.29, 0.717) is 16.4 Å². The van der Waals surface area contributed by atoms with E-state index in [9.17, 15) is 14.4 Å². The minimum absolute atomic E-state index is 0.178. The Bertz CT molecular complexity index is 1020. The van der Waals surface area contributed by atoms with Gasteiger partial charge in [0.2, 0.25) is 11.8 Å². The monoisotopic (exact) mass is 395 g/mol. The lowest BCUT2D eigenvalue weighted by Crippen LogP contribution is -2.31. The Morgan fingerprint density at radius 3 is 2.71 bits per heavy atom. The largest absolute Gasteiger partial charge is 0.364 e. The minimum atomic E-state index is -0.563. The second-order valence-corrected chi connectivity index (χ2v) is 6.57. The van der Waals surface area contributed by atoms with Crippen molar-refractivity contribution >= 4 is 40.3 Å². The van der Waals surface area contributed by atoms with Crippen molar-refractivity contribution in [1.29, 1.82) is 0 Å². The van der Waals surface area contributed by atoms with Crippen molar-refractivity contribution in [2.45, 2.75) is 0 Å². The highest BCUT2D eigenvalue weighted by molar-refractivity contribution is 7.14. The van der Waals surface area contributed by atoms with Gasteiger partial charge in [0.1, 0.15) is 5.69 Å². The van der Waals surface area contributed by atoms with Crippen LogP contribution in [0.1, 0.15) is 16.1 Å². The van der Waals surface area contributed by atoms with Crippen molar-refractivity contribution in [3.8, 4) is 11.3 Å². The number of aromatic amines is 1. The minimum Gasteiger partial charge on any atom is -0.364 e. The summed E-state index contributed by atoms with van der Waals surface area (Å²) in [6, 6.07) is 11.0. The molecule has 1 aromatic carbocycles. The van der Waals surface area contributed by atoms with Gasteiger partial charge in [-0.3, -0.25) is 14.4 Å². The zero-order chi connectivity index (χ0) is 19.9. The number of amides is 3. The molecule has 28 heavy (non-hydrogen) atoms. The van der Waals surface area contributed by atoms with Crippen LogP contribution in [0, 0.1) is 0 Å². The van der Waals surface area contributed by atoms with Crippen molar-refractivity contribution in [3.05, 3.63) is 65.3 Å². The highest BCUT2D eigenvalue weighted by Gasteiger charge is 2.11. The molecule has 0 saturated heterocycles.